The van der Waals surface area contributed by atoms with Crippen LogP contribution >= 0.6 is 0 Å². The predicted octanol–water partition coefficient (Wildman–Crippen LogP) is 4.35. The Bertz CT molecular complexity index is 727. The Labute approximate surface area is 150 Å². The first-order valence-electron chi connectivity index (χ1n) is 8.63. The molecule has 2 rings (SSSR count). The monoisotopic (exact) mass is 341 g/mol. The van der Waals surface area contributed by atoms with Crippen LogP contribution in [0.25, 0.3) is 0 Å². The number of hydrogen-bond donors (Lipinski definition) is 1. The number of ether oxygens (including phenoxy) is 2. The highest BCUT2D eigenvalue weighted by Gasteiger charge is 2.22. The third-order valence-electron chi connectivity index (χ3n) is 4.39. The second-order valence-corrected chi connectivity index (χ2v) is 6.24. The van der Waals surface area contributed by atoms with Gasteiger partial charge in [-0.15, -0.1) is 0 Å². The van der Waals surface area contributed by atoms with Crippen LogP contribution in [0, 0.1) is 13.8 Å². The van der Waals surface area contributed by atoms with Gasteiger partial charge in [-0.25, -0.2) is 0 Å². The van der Waals surface area contributed by atoms with E-state index in [2.05, 4.69) is 37.4 Å². The van der Waals surface area contributed by atoms with E-state index in [-0.39, 0.29) is 11.9 Å². The molecule has 0 bridgehead atoms. The lowest BCUT2D eigenvalue weighted by atomic mass is 10.0. The molecule has 0 fully saturated rings. The maximum Gasteiger partial charge on any atom is 0.261 e. The van der Waals surface area contributed by atoms with Crippen LogP contribution < -0.4 is 14.8 Å². The quantitative estimate of drug-likeness (QED) is 0.814. The van der Waals surface area contributed by atoms with Crippen molar-refractivity contribution in [2.24, 2.45) is 0 Å². The van der Waals surface area contributed by atoms with Crippen LogP contribution in [-0.4, -0.2) is 19.1 Å². The number of benzene rings is 2. The summed E-state index contributed by atoms with van der Waals surface area (Å²) in [5.74, 6) is 1.07. The highest BCUT2D eigenvalue weighted by Crippen LogP contribution is 2.27. The zero-order valence-electron chi connectivity index (χ0n) is 15.6. The minimum Gasteiger partial charge on any atom is -0.493 e. The predicted molar refractivity (Wildman–Crippen MR) is 100 cm³/mol. The second-order valence-electron chi connectivity index (χ2n) is 6.24. The third-order valence-corrected chi connectivity index (χ3v) is 4.39. The molecule has 0 unspecified atom stereocenters. The van der Waals surface area contributed by atoms with Gasteiger partial charge in [-0.1, -0.05) is 37.3 Å². The molecule has 0 aromatic heterocycles. The number of amides is 1. The lowest BCUT2D eigenvalue weighted by Gasteiger charge is -2.22. The summed E-state index contributed by atoms with van der Waals surface area (Å²) in [4.78, 5) is 12.6. The fraction of sp³-hybridized carbons (Fsp3) is 0.381. The van der Waals surface area contributed by atoms with E-state index in [0.717, 1.165) is 5.56 Å². The normalized spacial score (nSPS) is 13.0. The van der Waals surface area contributed by atoms with Crippen LogP contribution in [0.15, 0.2) is 42.5 Å². The van der Waals surface area contributed by atoms with Crippen molar-refractivity contribution in [3.05, 3.63) is 59.2 Å². The van der Waals surface area contributed by atoms with Crippen molar-refractivity contribution in [1.82, 2.24) is 5.32 Å². The van der Waals surface area contributed by atoms with E-state index in [1.807, 2.05) is 38.1 Å². The average Bonchev–Trinajstić information content (AvgIpc) is 2.61. The van der Waals surface area contributed by atoms with Gasteiger partial charge in [-0.3, -0.25) is 4.79 Å². The third kappa shape index (κ3) is 4.75. The van der Waals surface area contributed by atoms with Gasteiger partial charge in [0.25, 0.3) is 5.91 Å². The van der Waals surface area contributed by atoms with Crippen molar-refractivity contribution < 1.29 is 14.3 Å². The molecular formula is C21H27NO3. The van der Waals surface area contributed by atoms with Gasteiger partial charge in [0.1, 0.15) is 0 Å². The summed E-state index contributed by atoms with van der Waals surface area (Å²) >= 11 is 0. The molecule has 4 nitrogen and oxygen atoms in total. The molecule has 2 aromatic rings. The molecule has 0 aliphatic carbocycles. The van der Waals surface area contributed by atoms with E-state index in [4.69, 9.17) is 9.47 Å². The molecule has 2 atom stereocenters. The van der Waals surface area contributed by atoms with E-state index in [1.165, 1.54) is 11.1 Å². The van der Waals surface area contributed by atoms with Crippen LogP contribution in [0.3, 0.4) is 0 Å². The van der Waals surface area contributed by atoms with Gasteiger partial charge in [0, 0.05) is 0 Å². The zero-order valence-corrected chi connectivity index (χ0v) is 15.6. The summed E-state index contributed by atoms with van der Waals surface area (Å²) < 4.78 is 11.2. The largest absolute Gasteiger partial charge is 0.493 e. The Hall–Kier alpha value is -2.49. The van der Waals surface area contributed by atoms with Crippen molar-refractivity contribution in [3.63, 3.8) is 0 Å². The number of methoxy groups -OCH3 is 1. The minimum atomic E-state index is -0.565. The van der Waals surface area contributed by atoms with Gasteiger partial charge in [0.2, 0.25) is 0 Å². The van der Waals surface area contributed by atoms with Crippen molar-refractivity contribution in [1.29, 1.82) is 0 Å². The molecule has 4 heteroatoms. The SMILES string of the molecule is CC[C@@H](Oc1ccccc1OC)C(=O)N[C@@H](C)c1ccc(C)c(C)c1. The number of nitrogens with one attached hydrogen (secondary N) is 1. The highest BCUT2D eigenvalue weighted by atomic mass is 16.5. The van der Waals surface area contributed by atoms with Gasteiger partial charge < -0.3 is 14.8 Å². The van der Waals surface area contributed by atoms with E-state index >= 15 is 0 Å². The van der Waals surface area contributed by atoms with E-state index < -0.39 is 6.10 Å². The molecule has 134 valence electrons. The molecule has 1 N–H and O–H groups in total. The molecular weight excluding hydrogens is 314 g/mol. The first-order chi connectivity index (χ1) is 12.0. The van der Waals surface area contributed by atoms with Gasteiger partial charge in [-0.05, 0) is 56.0 Å². The first kappa shape index (κ1) is 18.8. The number of carbonyl (C=O) groups excluding carboxylic acids is 1. The molecule has 0 heterocycles. The Morgan fingerprint density at radius 3 is 2.36 bits per heavy atom. The lowest BCUT2D eigenvalue weighted by molar-refractivity contribution is -0.128. The maximum atomic E-state index is 12.6. The summed E-state index contributed by atoms with van der Waals surface area (Å²) in [6, 6.07) is 13.5. The molecule has 0 aliphatic rings. The lowest BCUT2D eigenvalue weighted by Crippen LogP contribution is -2.39. The number of aryl methyl sites for hydroxylation is 2. The van der Waals surface area contributed by atoms with Crippen molar-refractivity contribution in [2.75, 3.05) is 7.11 Å². The fourth-order valence-corrected chi connectivity index (χ4v) is 2.62. The molecule has 0 radical (unpaired) electrons. The molecule has 0 saturated heterocycles. The van der Waals surface area contributed by atoms with E-state index in [1.54, 1.807) is 7.11 Å². The van der Waals surface area contributed by atoms with Gasteiger partial charge >= 0.3 is 0 Å². The summed E-state index contributed by atoms with van der Waals surface area (Å²) in [5, 5.41) is 3.05. The standard InChI is InChI=1S/C21H27NO3/c1-6-18(25-20-10-8-7-9-19(20)24-5)21(23)22-16(4)17-12-11-14(2)15(3)13-17/h7-13,16,18H,6H2,1-5H3,(H,22,23)/t16-,18+/m0/s1. The summed E-state index contributed by atoms with van der Waals surface area (Å²) in [7, 11) is 1.59. The van der Waals surface area contributed by atoms with Crippen molar-refractivity contribution >= 4 is 5.91 Å². The average molecular weight is 341 g/mol. The Morgan fingerprint density at radius 2 is 1.76 bits per heavy atom. The number of carbonyl (C=O) groups is 1. The summed E-state index contributed by atoms with van der Waals surface area (Å²) in [6.07, 6.45) is 0.00840. The number of rotatable bonds is 7. The molecule has 0 saturated carbocycles. The van der Waals surface area contributed by atoms with Crippen LogP contribution in [-0.2, 0) is 4.79 Å². The first-order valence-corrected chi connectivity index (χ1v) is 8.63. The minimum absolute atomic E-state index is 0.0814. The zero-order chi connectivity index (χ0) is 18.4. The fourth-order valence-electron chi connectivity index (χ4n) is 2.62. The molecule has 0 aliphatic heterocycles. The maximum absolute atomic E-state index is 12.6. The Morgan fingerprint density at radius 1 is 1.08 bits per heavy atom. The van der Waals surface area contributed by atoms with Crippen LogP contribution in [0.5, 0.6) is 11.5 Å². The highest BCUT2D eigenvalue weighted by molar-refractivity contribution is 5.81. The van der Waals surface area contributed by atoms with E-state index in [9.17, 15) is 4.79 Å². The second kappa shape index (κ2) is 8.56. The number of hydrogen-bond acceptors (Lipinski definition) is 3. The smallest absolute Gasteiger partial charge is 0.261 e. The molecule has 2 aromatic carbocycles. The van der Waals surface area contributed by atoms with Crippen molar-refractivity contribution in [2.45, 2.75) is 46.3 Å². The van der Waals surface area contributed by atoms with Gasteiger partial charge in [0.05, 0.1) is 13.2 Å². The number of para-hydroxylation sites is 2. The van der Waals surface area contributed by atoms with E-state index in [0.29, 0.717) is 17.9 Å². The summed E-state index contributed by atoms with van der Waals surface area (Å²) in [5.41, 5.74) is 3.55. The van der Waals surface area contributed by atoms with Crippen LogP contribution in [0.1, 0.15) is 43.0 Å². The van der Waals surface area contributed by atoms with Gasteiger partial charge in [0.15, 0.2) is 17.6 Å². The molecule has 0 spiro atoms. The van der Waals surface area contributed by atoms with Gasteiger partial charge in [-0.2, -0.15) is 0 Å². The molecule has 25 heavy (non-hydrogen) atoms. The Balaban J connectivity index is 2.07. The Kier molecular flexibility index (Phi) is 6.45. The topological polar surface area (TPSA) is 47.6 Å². The van der Waals surface area contributed by atoms with Crippen LogP contribution in [0.2, 0.25) is 0 Å². The summed E-state index contributed by atoms with van der Waals surface area (Å²) in [6.45, 7) is 8.07. The molecule has 1 amide bonds. The van der Waals surface area contributed by atoms with Crippen LogP contribution in [0.4, 0.5) is 0 Å². The van der Waals surface area contributed by atoms with Crippen molar-refractivity contribution in [3.8, 4) is 11.5 Å².